The van der Waals surface area contributed by atoms with Crippen molar-refractivity contribution in [1.82, 2.24) is 4.98 Å². The molecule has 1 aromatic heterocycles. The molecule has 4 N–H and O–H groups in total. The third-order valence-corrected chi connectivity index (χ3v) is 3.60. The van der Waals surface area contributed by atoms with Gasteiger partial charge < -0.3 is 21.1 Å². The van der Waals surface area contributed by atoms with Gasteiger partial charge in [0.2, 0.25) is 0 Å². The highest BCUT2D eigenvalue weighted by Crippen LogP contribution is 2.29. The number of pyridine rings is 1. The molecular formula is C19H20N4O. The molecule has 5 heteroatoms. The van der Waals surface area contributed by atoms with Gasteiger partial charge in [-0.1, -0.05) is 18.2 Å². The summed E-state index contributed by atoms with van der Waals surface area (Å²) in [6, 6.07) is 19.4. The fraction of sp³-hybridized carbons (Fsp3) is 0.105. The number of hydrogen-bond acceptors (Lipinski definition) is 5. The van der Waals surface area contributed by atoms with E-state index in [2.05, 4.69) is 15.6 Å². The standard InChI is InChI=1S/C19H20N4O/c1-21-19-18(14(13-20)11-12-22-19)23-15-7-9-17(10-8-15)24-16-5-3-2-4-6-16/h2-12,23H,13,20H2,1H3,(H,21,22). The van der Waals surface area contributed by atoms with Crippen LogP contribution >= 0.6 is 0 Å². The van der Waals surface area contributed by atoms with Gasteiger partial charge in [0.15, 0.2) is 0 Å². The summed E-state index contributed by atoms with van der Waals surface area (Å²) in [5.74, 6) is 2.36. The first-order valence-corrected chi connectivity index (χ1v) is 7.76. The van der Waals surface area contributed by atoms with Crippen LogP contribution in [0.1, 0.15) is 5.56 Å². The molecule has 0 radical (unpaired) electrons. The molecule has 0 aliphatic carbocycles. The Morgan fingerprint density at radius 2 is 1.67 bits per heavy atom. The van der Waals surface area contributed by atoms with Crippen LogP contribution in [0.2, 0.25) is 0 Å². The van der Waals surface area contributed by atoms with Crippen molar-refractivity contribution in [1.29, 1.82) is 0 Å². The second kappa shape index (κ2) is 7.48. The topological polar surface area (TPSA) is 72.2 Å². The molecule has 1 heterocycles. The lowest BCUT2D eigenvalue weighted by Gasteiger charge is -2.15. The first kappa shape index (κ1) is 15.8. The molecule has 3 aromatic rings. The first-order chi connectivity index (χ1) is 11.8. The second-order valence-electron chi connectivity index (χ2n) is 5.21. The molecule has 0 aliphatic rings. The van der Waals surface area contributed by atoms with E-state index in [0.29, 0.717) is 6.54 Å². The Hall–Kier alpha value is -3.05. The summed E-state index contributed by atoms with van der Waals surface area (Å²) in [6.07, 6.45) is 1.75. The number of nitrogens with two attached hydrogens (primary N) is 1. The van der Waals surface area contributed by atoms with Crippen molar-refractivity contribution in [3.63, 3.8) is 0 Å². The molecule has 0 saturated carbocycles. The number of aromatic nitrogens is 1. The highest BCUT2D eigenvalue weighted by atomic mass is 16.5. The zero-order chi connectivity index (χ0) is 16.8. The first-order valence-electron chi connectivity index (χ1n) is 7.76. The van der Waals surface area contributed by atoms with E-state index in [1.807, 2.05) is 67.7 Å². The predicted molar refractivity (Wildman–Crippen MR) is 97.9 cm³/mol. The minimum atomic E-state index is 0.439. The molecule has 0 amide bonds. The summed E-state index contributed by atoms with van der Waals surface area (Å²) < 4.78 is 5.80. The SMILES string of the molecule is CNc1nccc(CN)c1Nc1ccc(Oc2ccccc2)cc1. The Morgan fingerprint density at radius 3 is 2.33 bits per heavy atom. The smallest absolute Gasteiger partial charge is 0.149 e. The lowest BCUT2D eigenvalue weighted by molar-refractivity contribution is 0.483. The van der Waals surface area contributed by atoms with Gasteiger partial charge in [0.1, 0.15) is 17.3 Å². The van der Waals surface area contributed by atoms with Gasteiger partial charge in [-0.3, -0.25) is 0 Å². The third kappa shape index (κ3) is 3.64. The van der Waals surface area contributed by atoms with Crippen molar-refractivity contribution in [2.24, 2.45) is 5.73 Å². The monoisotopic (exact) mass is 320 g/mol. The van der Waals surface area contributed by atoms with E-state index in [-0.39, 0.29) is 0 Å². The summed E-state index contributed by atoms with van der Waals surface area (Å²) in [6.45, 7) is 0.439. The van der Waals surface area contributed by atoms with Crippen molar-refractivity contribution in [2.75, 3.05) is 17.7 Å². The quantitative estimate of drug-likeness (QED) is 0.637. The van der Waals surface area contributed by atoms with Crippen LogP contribution in [-0.2, 0) is 6.54 Å². The van der Waals surface area contributed by atoms with E-state index in [1.54, 1.807) is 6.20 Å². The maximum Gasteiger partial charge on any atom is 0.149 e. The summed E-state index contributed by atoms with van der Waals surface area (Å²) >= 11 is 0. The highest BCUT2D eigenvalue weighted by Gasteiger charge is 2.08. The third-order valence-electron chi connectivity index (χ3n) is 3.60. The van der Waals surface area contributed by atoms with Crippen LogP contribution in [0.5, 0.6) is 11.5 Å². The van der Waals surface area contributed by atoms with E-state index < -0.39 is 0 Å². The van der Waals surface area contributed by atoms with Crippen LogP contribution in [0, 0.1) is 0 Å². The van der Waals surface area contributed by atoms with Gasteiger partial charge in [0.25, 0.3) is 0 Å². The van der Waals surface area contributed by atoms with E-state index in [0.717, 1.165) is 34.3 Å². The zero-order valence-corrected chi connectivity index (χ0v) is 13.5. The maximum absolute atomic E-state index is 5.82. The number of rotatable bonds is 6. The Balaban J connectivity index is 1.77. The maximum atomic E-state index is 5.82. The zero-order valence-electron chi connectivity index (χ0n) is 13.5. The van der Waals surface area contributed by atoms with Crippen molar-refractivity contribution >= 4 is 17.2 Å². The van der Waals surface area contributed by atoms with E-state index >= 15 is 0 Å². The van der Waals surface area contributed by atoms with Crippen LogP contribution in [0.15, 0.2) is 66.9 Å². The van der Waals surface area contributed by atoms with Crippen LogP contribution in [-0.4, -0.2) is 12.0 Å². The average Bonchev–Trinajstić information content (AvgIpc) is 2.64. The van der Waals surface area contributed by atoms with Crippen LogP contribution in [0.3, 0.4) is 0 Å². The minimum Gasteiger partial charge on any atom is -0.457 e. The summed E-state index contributed by atoms with van der Waals surface area (Å²) in [4.78, 5) is 4.32. The summed E-state index contributed by atoms with van der Waals surface area (Å²) in [5, 5.41) is 6.45. The molecule has 0 spiro atoms. The van der Waals surface area contributed by atoms with Crippen molar-refractivity contribution in [3.05, 3.63) is 72.4 Å². The van der Waals surface area contributed by atoms with Gasteiger partial charge in [-0.25, -0.2) is 4.98 Å². The fourth-order valence-electron chi connectivity index (χ4n) is 2.38. The van der Waals surface area contributed by atoms with Crippen molar-refractivity contribution in [2.45, 2.75) is 6.54 Å². The molecule has 5 nitrogen and oxygen atoms in total. The Bertz CT molecular complexity index is 766. The van der Waals surface area contributed by atoms with Crippen LogP contribution in [0.4, 0.5) is 17.2 Å². The molecule has 3 rings (SSSR count). The van der Waals surface area contributed by atoms with Gasteiger partial charge in [-0.15, -0.1) is 0 Å². The summed E-state index contributed by atoms with van der Waals surface area (Å²) in [5.41, 5.74) is 8.65. The van der Waals surface area contributed by atoms with E-state index in [1.165, 1.54) is 0 Å². The minimum absolute atomic E-state index is 0.439. The number of hydrogen-bond donors (Lipinski definition) is 3. The van der Waals surface area contributed by atoms with Gasteiger partial charge in [0.05, 0.1) is 5.69 Å². The number of nitrogens with zero attached hydrogens (tertiary/aromatic N) is 1. The Kier molecular flexibility index (Phi) is 4.93. The fourth-order valence-corrected chi connectivity index (χ4v) is 2.38. The van der Waals surface area contributed by atoms with E-state index in [9.17, 15) is 0 Å². The number of para-hydroxylation sites is 1. The van der Waals surface area contributed by atoms with Gasteiger partial charge >= 0.3 is 0 Å². The average molecular weight is 320 g/mol. The highest BCUT2D eigenvalue weighted by molar-refractivity contribution is 5.74. The Morgan fingerprint density at radius 1 is 0.958 bits per heavy atom. The van der Waals surface area contributed by atoms with E-state index in [4.69, 9.17) is 10.5 Å². The Labute approximate surface area is 141 Å². The van der Waals surface area contributed by atoms with Crippen LogP contribution < -0.4 is 21.1 Å². The predicted octanol–water partition coefficient (Wildman–Crippen LogP) is 4.12. The number of anilines is 3. The lowest BCUT2D eigenvalue weighted by atomic mass is 10.2. The van der Waals surface area contributed by atoms with Gasteiger partial charge in [-0.05, 0) is 48.0 Å². The molecule has 0 aliphatic heterocycles. The van der Waals surface area contributed by atoms with Gasteiger partial charge in [-0.2, -0.15) is 0 Å². The second-order valence-corrected chi connectivity index (χ2v) is 5.21. The molecule has 2 aromatic carbocycles. The van der Waals surface area contributed by atoms with Crippen LogP contribution in [0.25, 0.3) is 0 Å². The molecule has 24 heavy (non-hydrogen) atoms. The van der Waals surface area contributed by atoms with Gasteiger partial charge in [0, 0.05) is 25.5 Å². The molecule has 0 fully saturated rings. The molecular weight excluding hydrogens is 300 g/mol. The molecule has 0 atom stereocenters. The molecule has 0 saturated heterocycles. The number of benzene rings is 2. The van der Waals surface area contributed by atoms with Crippen molar-refractivity contribution in [3.8, 4) is 11.5 Å². The molecule has 0 bridgehead atoms. The molecule has 0 unspecified atom stereocenters. The number of ether oxygens (including phenoxy) is 1. The normalized spacial score (nSPS) is 10.2. The lowest BCUT2D eigenvalue weighted by Crippen LogP contribution is -2.06. The molecule has 122 valence electrons. The van der Waals surface area contributed by atoms with Crippen molar-refractivity contribution < 1.29 is 4.74 Å². The number of nitrogens with one attached hydrogen (secondary N) is 2. The largest absolute Gasteiger partial charge is 0.457 e. The summed E-state index contributed by atoms with van der Waals surface area (Å²) in [7, 11) is 1.84.